The van der Waals surface area contributed by atoms with Gasteiger partial charge in [-0.25, -0.2) is 9.59 Å². The van der Waals surface area contributed by atoms with Gasteiger partial charge in [-0.05, 0) is 40.2 Å². The van der Waals surface area contributed by atoms with Gasteiger partial charge < -0.3 is 14.8 Å². The van der Waals surface area contributed by atoms with Gasteiger partial charge in [0.15, 0.2) is 0 Å². The lowest BCUT2D eigenvalue weighted by Gasteiger charge is -2.24. The molecule has 0 fully saturated rings. The molecular weight excluding hydrogens is 306 g/mol. The number of alkyl carbamates (subject to hydrolysis) is 1. The summed E-state index contributed by atoms with van der Waals surface area (Å²) in [5, 5.41) is 2.70. The second-order valence-corrected chi connectivity index (χ2v) is 6.30. The van der Waals surface area contributed by atoms with E-state index in [-0.39, 0.29) is 12.2 Å². The van der Waals surface area contributed by atoms with E-state index < -0.39 is 23.7 Å². The van der Waals surface area contributed by atoms with Crippen molar-refractivity contribution >= 4 is 12.1 Å². The normalized spacial score (nSPS) is 11.9. The van der Waals surface area contributed by atoms with Crippen molar-refractivity contribution in [2.45, 2.75) is 46.3 Å². The van der Waals surface area contributed by atoms with Crippen LogP contribution < -0.4 is 5.32 Å². The van der Waals surface area contributed by atoms with Crippen LogP contribution in [-0.4, -0.2) is 24.3 Å². The van der Waals surface area contributed by atoms with E-state index >= 15 is 0 Å². The first kappa shape index (κ1) is 19.5. The Labute approximate surface area is 143 Å². The molecule has 1 unspecified atom stereocenters. The third-order valence-electron chi connectivity index (χ3n) is 3.05. The molecular formula is C19H25NO4. The third-order valence-corrected chi connectivity index (χ3v) is 3.05. The van der Waals surface area contributed by atoms with Crippen LogP contribution in [0.5, 0.6) is 0 Å². The number of benzene rings is 1. The number of amides is 1. The van der Waals surface area contributed by atoms with Gasteiger partial charge in [0.25, 0.3) is 0 Å². The van der Waals surface area contributed by atoms with Crippen molar-refractivity contribution in [2.24, 2.45) is 0 Å². The van der Waals surface area contributed by atoms with Crippen LogP contribution in [-0.2, 0) is 14.3 Å². The minimum atomic E-state index is -0.753. The number of esters is 1. The van der Waals surface area contributed by atoms with E-state index in [9.17, 15) is 9.59 Å². The highest BCUT2D eigenvalue weighted by Crippen LogP contribution is 2.23. The Morgan fingerprint density at radius 3 is 2.29 bits per heavy atom. The third kappa shape index (κ3) is 5.94. The van der Waals surface area contributed by atoms with Crippen molar-refractivity contribution in [3.63, 3.8) is 0 Å². The molecule has 130 valence electrons. The fourth-order valence-corrected chi connectivity index (χ4v) is 2.01. The number of ether oxygens (including phenoxy) is 2. The predicted octanol–water partition coefficient (Wildman–Crippen LogP) is 3.84. The Balaban J connectivity index is 3.16. The van der Waals surface area contributed by atoms with Crippen LogP contribution in [0.1, 0.15) is 44.9 Å². The van der Waals surface area contributed by atoms with Crippen molar-refractivity contribution in [1.82, 2.24) is 5.32 Å². The maximum absolute atomic E-state index is 12.2. The predicted molar refractivity (Wildman–Crippen MR) is 92.6 cm³/mol. The first-order valence-electron chi connectivity index (χ1n) is 7.81. The monoisotopic (exact) mass is 331 g/mol. The summed E-state index contributed by atoms with van der Waals surface area (Å²) in [7, 11) is 0. The Morgan fingerprint density at radius 2 is 1.83 bits per heavy atom. The van der Waals surface area contributed by atoms with E-state index in [1.807, 2.05) is 31.2 Å². The largest absolute Gasteiger partial charge is 0.462 e. The van der Waals surface area contributed by atoms with Gasteiger partial charge in [-0.15, -0.1) is 5.73 Å². The van der Waals surface area contributed by atoms with E-state index in [0.717, 1.165) is 5.56 Å². The van der Waals surface area contributed by atoms with E-state index in [1.165, 1.54) is 0 Å². The maximum atomic E-state index is 12.2. The van der Waals surface area contributed by atoms with E-state index in [0.29, 0.717) is 5.56 Å². The number of rotatable bonds is 5. The summed E-state index contributed by atoms with van der Waals surface area (Å²) in [6.07, 6.45) is -0.634. The molecule has 1 atom stereocenters. The van der Waals surface area contributed by atoms with Gasteiger partial charge in [0.2, 0.25) is 0 Å². The Hall–Kier alpha value is -2.52. The number of hydrogen-bond acceptors (Lipinski definition) is 4. The molecule has 24 heavy (non-hydrogen) atoms. The molecule has 0 heterocycles. The molecule has 1 aromatic rings. The smallest absolute Gasteiger partial charge is 0.408 e. The average Bonchev–Trinajstić information content (AvgIpc) is 2.46. The number of nitrogens with one attached hydrogen (secondary N) is 1. The van der Waals surface area contributed by atoms with Crippen molar-refractivity contribution in [3.8, 4) is 0 Å². The van der Waals surface area contributed by atoms with Gasteiger partial charge >= 0.3 is 12.1 Å². The van der Waals surface area contributed by atoms with Crippen molar-refractivity contribution < 1.29 is 19.1 Å². The van der Waals surface area contributed by atoms with Crippen molar-refractivity contribution in [2.75, 3.05) is 6.61 Å². The summed E-state index contributed by atoms with van der Waals surface area (Å²) < 4.78 is 10.3. The molecule has 5 nitrogen and oxygen atoms in total. The van der Waals surface area contributed by atoms with Crippen LogP contribution >= 0.6 is 0 Å². The quantitative estimate of drug-likeness (QED) is 0.506. The lowest BCUT2D eigenvalue weighted by atomic mass is 9.98. The fourth-order valence-electron chi connectivity index (χ4n) is 2.01. The highest BCUT2D eigenvalue weighted by atomic mass is 16.6. The zero-order valence-corrected chi connectivity index (χ0v) is 14.9. The van der Waals surface area contributed by atoms with Crippen molar-refractivity contribution in [3.05, 3.63) is 53.3 Å². The van der Waals surface area contributed by atoms with E-state index in [4.69, 9.17) is 9.47 Å². The lowest BCUT2D eigenvalue weighted by molar-refractivity contribution is -0.138. The molecule has 0 aliphatic rings. The first-order chi connectivity index (χ1) is 11.2. The van der Waals surface area contributed by atoms with Gasteiger partial charge in [0.05, 0.1) is 12.6 Å². The second-order valence-electron chi connectivity index (χ2n) is 6.30. The van der Waals surface area contributed by atoms with Gasteiger partial charge in [-0.1, -0.05) is 36.4 Å². The minimum Gasteiger partial charge on any atom is -0.462 e. The van der Waals surface area contributed by atoms with Crippen LogP contribution in [0.4, 0.5) is 4.79 Å². The van der Waals surface area contributed by atoms with Crippen LogP contribution in [0.15, 0.2) is 42.1 Å². The van der Waals surface area contributed by atoms with Gasteiger partial charge in [0.1, 0.15) is 11.2 Å². The highest BCUT2D eigenvalue weighted by Gasteiger charge is 2.27. The molecule has 0 spiro atoms. The SMILES string of the molecule is C=C=C(C(=O)OCC)C(NC(=O)OC(C)(C)C)c1ccc(C)cc1. The van der Waals surface area contributed by atoms with E-state index in [1.54, 1.807) is 27.7 Å². The average molecular weight is 331 g/mol. The topological polar surface area (TPSA) is 64.6 Å². The van der Waals surface area contributed by atoms with E-state index in [2.05, 4.69) is 17.6 Å². The van der Waals surface area contributed by atoms with Gasteiger partial charge in [-0.2, -0.15) is 0 Å². The zero-order chi connectivity index (χ0) is 18.3. The highest BCUT2D eigenvalue weighted by molar-refractivity contribution is 5.90. The summed E-state index contributed by atoms with van der Waals surface area (Å²) in [6.45, 7) is 12.7. The molecule has 1 aromatic carbocycles. The minimum absolute atomic E-state index is 0.131. The molecule has 0 saturated heterocycles. The molecule has 1 N–H and O–H groups in total. The number of aryl methyl sites for hydroxylation is 1. The molecule has 5 heteroatoms. The fraction of sp³-hybridized carbons (Fsp3) is 0.421. The van der Waals surface area contributed by atoms with Gasteiger partial charge in [0, 0.05) is 0 Å². The molecule has 0 aliphatic heterocycles. The van der Waals surface area contributed by atoms with Crippen molar-refractivity contribution in [1.29, 1.82) is 0 Å². The lowest BCUT2D eigenvalue weighted by Crippen LogP contribution is -2.37. The summed E-state index contributed by atoms with van der Waals surface area (Å²) in [4.78, 5) is 24.3. The molecule has 0 aromatic heterocycles. The second kappa shape index (κ2) is 8.37. The van der Waals surface area contributed by atoms with Gasteiger partial charge in [-0.3, -0.25) is 0 Å². The zero-order valence-electron chi connectivity index (χ0n) is 14.9. The van der Waals surface area contributed by atoms with Crippen LogP contribution in [0.3, 0.4) is 0 Å². The van der Waals surface area contributed by atoms with Crippen LogP contribution in [0, 0.1) is 6.92 Å². The number of carbonyl (C=O) groups is 2. The summed E-state index contributed by atoms with van der Waals surface area (Å²) in [5.41, 5.74) is 3.85. The molecule has 0 bridgehead atoms. The Bertz CT molecular complexity index is 634. The molecule has 0 saturated carbocycles. The standard InChI is InChI=1S/C19H25NO4/c1-7-15(17(21)23-8-2)16(14-11-9-13(3)10-12-14)20-18(22)24-19(4,5)6/h9-12,16H,1,8H2,2-6H3,(H,20,22). The molecule has 0 radical (unpaired) electrons. The maximum Gasteiger partial charge on any atom is 0.408 e. The first-order valence-corrected chi connectivity index (χ1v) is 7.81. The number of carbonyl (C=O) groups excluding carboxylic acids is 2. The Kier molecular flexibility index (Phi) is 6.81. The Morgan fingerprint density at radius 1 is 1.25 bits per heavy atom. The molecule has 1 amide bonds. The number of hydrogen-bond donors (Lipinski definition) is 1. The molecule has 1 rings (SSSR count). The molecule has 0 aliphatic carbocycles. The van der Waals surface area contributed by atoms with Crippen LogP contribution in [0.2, 0.25) is 0 Å². The summed E-state index contributed by atoms with van der Waals surface area (Å²) >= 11 is 0. The summed E-state index contributed by atoms with van der Waals surface area (Å²) in [6, 6.07) is 6.69. The van der Waals surface area contributed by atoms with Crippen LogP contribution in [0.25, 0.3) is 0 Å². The summed E-state index contributed by atoms with van der Waals surface area (Å²) in [5.74, 6) is -0.575.